The first kappa shape index (κ1) is 13.8. The van der Waals surface area contributed by atoms with E-state index in [0.717, 1.165) is 25.1 Å². The van der Waals surface area contributed by atoms with Crippen molar-refractivity contribution in [3.63, 3.8) is 0 Å². The van der Waals surface area contributed by atoms with Crippen molar-refractivity contribution >= 4 is 23.3 Å². The smallest absolute Gasteiger partial charge is 0.337 e. The number of anilines is 1. The molecule has 1 aromatic rings. The average Bonchev–Trinajstić information content (AvgIpc) is 2.32. The zero-order chi connectivity index (χ0) is 12.8. The monoisotopic (exact) mass is 255 g/mol. The number of hydrogen-bond donors (Lipinski definition) is 2. The number of nitrogens with one attached hydrogen (secondary N) is 1. The number of carboxylic acids is 1. The van der Waals surface area contributed by atoms with Crippen molar-refractivity contribution in [1.29, 1.82) is 0 Å². The highest BCUT2D eigenvalue weighted by molar-refractivity contribution is 6.33. The largest absolute Gasteiger partial charge is 0.478 e. The van der Waals surface area contributed by atoms with Crippen LogP contribution in [-0.4, -0.2) is 17.6 Å². The second kappa shape index (κ2) is 6.50. The van der Waals surface area contributed by atoms with E-state index in [1.54, 1.807) is 18.2 Å². The molecule has 0 saturated heterocycles. The Bertz CT molecular complexity index is 389. The molecule has 1 aromatic carbocycles. The summed E-state index contributed by atoms with van der Waals surface area (Å²) in [6, 6.07) is 4.99. The lowest BCUT2D eigenvalue weighted by Gasteiger charge is -2.14. The lowest BCUT2D eigenvalue weighted by molar-refractivity contribution is 0.0697. The van der Waals surface area contributed by atoms with Gasteiger partial charge in [0.1, 0.15) is 0 Å². The predicted molar refractivity (Wildman–Crippen MR) is 71.0 cm³/mol. The van der Waals surface area contributed by atoms with Gasteiger partial charge in [-0.3, -0.25) is 0 Å². The summed E-state index contributed by atoms with van der Waals surface area (Å²) < 4.78 is 0. The number of rotatable bonds is 6. The quantitative estimate of drug-likeness (QED) is 0.811. The molecule has 0 aliphatic carbocycles. The molecule has 0 unspecified atom stereocenters. The minimum atomic E-state index is -0.999. The summed E-state index contributed by atoms with van der Waals surface area (Å²) in [5.41, 5.74) is 0.944. The van der Waals surface area contributed by atoms with Crippen LogP contribution in [0, 0.1) is 5.92 Å². The minimum absolute atomic E-state index is 0.140. The Morgan fingerprint density at radius 3 is 2.59 bits per heavy atom. The van der Waals surface area contributed by atoms with E-state index < -0.39 is 5.97 Å². The SMILES string of the molecule is CCC(CC)CNc1ccc(Cl)c(C(=O)O)c1. The van der Waals surface area contributed by atoms with Crippen LogP contribution in [0.5, 0.6) is 0 Å². The van der Waals surface area contributed by atoms with Gasteiger partial charge in [-0.15, -0.1) is 0 Å². The van der Waals surface area contributed by atoms with Crippen LogP contribution in [0.2, 0.25) is 5.02 Å². The minimum Gasteiger partial charge on any atom is -0.478 e. The van der Waals surface area contributed by atoms with Crippen molar-refractivity contribution in [3.8, 4) is 0 Å². The van der Waals surface area contributed by atoms with Crippen LogP contribution in [0.25, 0.3) is 0 Å². The first-order valence-corrected chi connectivity index (χ1v) is 6.23. The Labute approximate surface area is 107 Å². The van der Waals surface area contributed by atoms with Crippen LogP contribution in [0.1, 0.15) is 37.0 Å². The molecule has 0 saturated carbocycles. The molecule has 4 heteroatoms. The molecule has 0 atom stereocenters. The van der Waals surface area contributed by atoms with Crippen molar-refractivity contribution in [2.45, 2.75) is 26.7 Å². The van der Waals surface area contributed by atoms with Crippen molar-refractivity contribution < 1.29 is 9.90 Å². The molecular formula is C13H18ClNO2. The van der Waals surface area contributed by atoms with Gasteiger partial charge in [-0.25, -0.2) is 4.79 Å². The van der Waals surface area contributed by atoms with Gasteiger partial charge in [-0.1, -0.05) is 38.3 Å². The predicted octanol–water partition coefficient (Wildman–Crippen LogP) is 3.89. The van der Waals surface area contributed by atoms with E-state index in [-0.39, 0.29) is 10.6 Å². The van der Waals surface area contributed by atoms with Crippen molar-refractivity contribution in [3.05, 3.63) is 28.8 Å². The van der Waals surface area contributed by atoms with E-state index in [1.807, 2.05) is 0 Å². The first-order chi connectivity index (χ1) is 8.08. The van der Waals surface area contributed by atoms with E-state index in [0.29, 0.717) is 5.92 Å². The molecule has 0 amide bonds. The number of halogens is 1. The Kier molecular flexibility index (Phi) is 5.29. The zero-order valence-electron chi connectivity index (χ0n) is 10.2. The number of carbonyl (C=O) groups is 1. The van der Waals surface area contributed by atoms with E-state index in [9.17, 15) is 4.79 Å². The van der Waals surface area contributed by atoms with E-state index in [4.69, 9.17) is 16.7 Å². The van der Waals surface area contributed by atoms with Gasteiger partial charge in [0.05, 0.1) is 10.6 Å². The Morgan fingerprint density at radius 2 is 2.06 bits per heavy atom. The molecule has 0 aliphatic heterocycles. The Balaban J connectivity index is 2.72. The lowest BCUT2D eigenvalue weighted by atomic mass is 10.0. The van der Waals surface area contributed by atoms with Crippen LogP contribution in [0.4, 0.5) is 5.69 Å². The van der Waals surface area contributed by atoms with Crippen LogP contribution in [0.3, 0.4) is 0 Å². The maximum absolute atomic E-state index is 10.9. The highest BCUT2D eigenvalue weighted by atomic mass is 35.5. The third kappa shape index (κ3) is 3.93. The fourth-order valence-electron chi connectivity index (χ4n) is 1.64. The third-order valence-corrected chi connectivity index (χ3v) is 3.28. The van der Waals surface area contributed by atoms with Gasteiger partial charge in [0.25, 0.3) is 0 Å². The highest BCUT2D eigenvalue weighted by Gasteiger charge is 2.10. The summed E-state index contributed by atoms with van der Waals surface area (Å²) in [6.07, 6.45) is 2.23. The fraction of sp³-hybridized carbons (Fsp3) is 0.462. The maximum Gasteiger partial charge on any atom is 0.337 e. The standard InChI is InChI=1S/C13H18ClNO2/c1-3-9(4-2)8-15-10-5-6-12(14)11(7-10)13(16)17/h5-7,9,15H,3-4,8H2,1-2H3,(H,16,17). The summed E-state index contributed by atoms with van der Waals surface area (Å²) >= 11 is 5.80. The van der Waals surface area contributed by atoms with Gasteiger partial charge >= 0.3 is 5.97 Å². The van der Waals surface area contributed by atoms with Gasteiger partial charge in [0.15, 0.2) is 0 Å². The van der Waals surface area contributed by atoms with Gasteiger partial charge in [0.2, 0.25) is 0 Å². The summed E-state index contributed by atoms with van der Waals surface area (Å²) in [4.78, 5) is 10.9. The number of carboxylic acid groups (broad SMARTS) is 1. The number of aromatic carboxylic acids is 1. The van der Waals surface area contributed by atoms with Crippen LogP contribution < -0.4 is 5.32 Å². The Hall–Kier alpha value is -1.22. The van der Waals surface area contributed by atoms with Gasteiger partial charge in [0, 0.05) is 12.2 Å². The summed E-state index contributed by atoms with van der Waals surface area (Å²) in [5, 5.41) is 12.5. The van der Waals surface area contributed by atoms with E-state index >= 15 is 0 Å². The summed E-state index contributed by atoms with van der Waals surface area (Å²) in [7, 11) is 0. The number of hydrogen-bond acceptors (Lipinski definition) is 2. The first-order valence-electron chi connectivity index (χ1n) is 5.85. The average molecular weight is 256 g/mol. The van der Waals surface area contributed by atoms with Crippen LogP contribution in [-0.2, 0) is 0 Å². The molecule has 0 heterocycles. The molecule has 0 aliphatic rings. The Morgan fingerprint density at radius 1 is 1.41 bits per heavy atom. The molecule has 2 N–H and O–H groups in total. The second-order valence-electron chi connectivity index (χ2n) is 4.06. The summed E-state index contributed by atoms with van der Waals surface area (Å²) in [6.45, 7) is 5.16. The fourth-order valence-corrected chi connectivity index (χ4v) is 1.84. The summed E-state index contributed by atoms with van der Waals surface area (Å²) in [5.74, 6) is -0.389. The normalized spacial score (nSPS) is 10.6. The highest BCUT2D eigenvalue weighted by Crippen LogP contribution is 2.21. The molecule has 0 spiro atoms. The van der Waals surface area contributed by atoms with Crippen molar-refractivity contribution in [1.82, 2.24) is 0 Å². The molecule has 17 heavy (non-hydrogen) atoms. The van der Waals surface area contributed by atoms with Gasteiger partial charge in [-0.2, -0.15) is 0 Å². The molecular weight excluding hydrogens is 238 g/mol. The molecule has 0 bridgehead atoms. The molecule has 94 valence electrons. The number of benzene rings is 1. The lowest BCUT2D eigenvalue weighted by Crippen LogP contribution is -2.13. The molecule has 1 rings (SSSR count). The molecule has 0 aromatic heterocycles. The molecule has 0 fully saturated rings. The molecule has 3 nitrogen and oxygen atoms in total. The van der Waals surface area contributed by atoms with E-state index in [2.05, 4.69) is 19.2 Å². The molecule has 0 radical (unpaired) electrons. The van der Waals surface area contributed by atoms with Gasteiger partial charge < -0.3 is 10.4 Å². The second-order valence-corrected chi connectivity index (χ2v) is 4.47. The topological polar surface area (TPSA) is 49.3 Å². The van der Waals surface area contributed by atoms with Crippen LogP contribution in [0.15, 0.2) is 18.2 Å². The van der Waals surface area contributed by atoms with Crippen LogP contribution >= 0.6 is 11.6 Å². The maximum atomic E-state index is 10.9. The van der Waals surface area contributed by atoms with Gasteiger partial charge in [-0.05, 0) is 24.1 Å². The van der Waals surface area contributed by atoms with Crippen molar-refractivity contribution in [2.24, 2.45) is 5.92 Å². The zero-order valence-corrected chi connectivity index (χ0v) is 10.9. The third-order valence-electron chi connectivity index (χ3n) is 2.95. The van der Waals surface area contributed by atoms with Crippen molar-refractivity contribution in [2.75, 3.05) is 11.9 Å². The van der Waals surface area contributed by atoms with E-state index in [1.165, 1.54) is 0 Å².